The van der Waals surface area contributed by atoms with Crippen LogP contribution in [-0.2, 0) is 9.59 Å². The molecule has 33 heavy (non-hydrogen) atoms. The van der Waals surface area contributed by atoms with Gasteiger partial charge in [0.1, 0.15) is 23.9 Å². The molecule has 1 fully saturated rings. The van der Waals surface area contributed by atoms with Gasteiger partial charge in [-0.3, -0.25) is 9.59 Å². The predicted molar refractivity (Wildman–Crippen MR) is 127 cm³/mol. The lowest BCUT2D eigenvalue weighted by molar-refractivity contribution is -0.140. The quantitative estimate of drug-likeness (QED) is 0.258. The Labute approximate surface area is 194 Å². The number of rotatable bonds is 10. The number of hydrogen-bond acceptors (Lipinski definition) is 6. The molecule has 0 aromatic heterocycles. The van der Waals surface area contributed by atoms with Gasteiger partial charge in [-0.15, -0.1) is 0 Å². The van der Waals surface area contributed by atoms with Gasteiger partial charge in [0, 0.05) is 18.7 Å². The number of likely N-dealkylation sites (N-methyl/N-ethyl adjacent to an activating group) is 1. The zero-order valence-electron chi connectivity index (χ0n) is 19.3. The van der Waals surface area contributed by atoms with Gasteiger partial charge in [-0.05, 0) is 63.0 Å². The van der Waals surface area contributed by atoms with E-state index in [0.717, 1.165) is 0 Å². The largest absolute Gasteiger partial charge is 0.507 e. The molecule has 1 atom stereocenters. The van der Waals surface area contributed by atoms with Crippen LogP contribution in [0.4, 0.5) is 0 Å². The summed E-state index contributed by atoms with van der Waals surface area (Å²) in [7, 11) is 3.80. The summed E-state index contributed by atoms with van der Waals surface area (Å²) in [6, 6.07) is 13.3. The normalized spacial score (nSPS) is 17.5. The van der Waals surface area contributed by atoms with Crippen molar-refractivity contribution in [1.29, 1.82) is 0 Å². The van der Waals surface area contributed by atoms with Crippen LogP contribution in [-0.4, -0.2) is 67.0 Å². The fourth-order valence-electron chi connectivity index (χ4n) is 3.73. The summed E-state index contributed by atoms with van der Waals surface area (Å²) in [6.45, 7) is 7.30. The van der Waals surface area contributed by atoms with E-state index in [4.69, 9.17) is 9.47 Å². The zero-order chi connectivity index (χ0) is 24.0. The highest BCUT2D eigenvalue weighted by Gasteiger charge is 2.46. The molecule has 0 radical (unpaired) electrons. The van der Waals surface area contributed by atoms with Crippen molar-refractivity contribution in [3.8, 4) is 11.5 Å². The van der Waals surface area contributed by atoms with Gasteiger partial charge in [0.25, 0.3) is 11.7 Å². The van der Waals surface area contributed by atoms with Gasteiger partial charge in [0.2, 0.25) is 0 Å². The Morgan fingerprint density at radius 1 is 1.12 bits per heavy atom. The van der Waals surface area contributed by atoms with Crippen molar-refractivity contribution < 1.29 is 24.2 Å². The highest BCUT2D eigenvalue weighted by Crippen LogP contribution is 2.40. The van der Waals surface area contributed by atoms with E-state index in [9.17, 15) is 14.7 Å². The minimum atomic E-state index is -0.733. The van der Waals surface area contributed by atoms with Crippen molar-refractivity contribution in [2.24, 2.45) is 0 Å². The van der Waals surface area contributed by atoms with E-state index in [2.05, 4.69) is 6.58 Å². The Hall–Kier alpha value is -3.58. The topological polar surface area (TPSA) is 79.3 Å². The average molecular weight is 451 g/mol. The molecule has 7 nitrogen and oxygen atoms in total. The van der Waals surface area contributed by atoms with E-state index in [0.29, 0.717) is 48.9 Å². The molecule has 0 spiro atoms. The first kappa shape index (κ1) is 24.1. The maximum absolute atomic E-state index is 13.1. The van der Waals surface area contributed by atoms with Crippen LogP contribution in [0.15, 0.2) is 66.8 Å². The molecule has 174 valence electrons. The van der Waals surface area contributed by atoms with E-state index < -0.39 is 17.7 Å². The van der Waals surface area contributed by atoms with Gasteiger partial charge in [-0.1, -0.05) is 24.8 Å². The number of benzene rings is 2. The van der Waals surface area contributed by atoms with Crippen LogP contribution in [0.3, 0.4) is 0 Å². The molecule has 0 bridgehead atoms. The van der Waals surface area contributed by atoms with Crippen LogP contribution in [0, 0.1) is 0 Å². The second-order valence-electron chi connectivity index (χ2n) is 7.93. The average Bonchev–Trinajstić information content (AvgIpc) is 3.06. The summed E-state index contributed by atoms with van der Waals surface area (Å²) in [5.74, 6) is -0.309. The van der Waals surface area contributed by atoms with E-state index in [1.54, 1.807) is 48.5 Å². The van der Waals surface area contributed by atoms with Gasteiger partial charge in [0.05, 0.1) is 18.2 Å². The maximum Gasteiger partial charge on any atom is 0.295 e. The van der Waals surface area contributed by atoms with Crippen LogP contribution >= 0.6 is 0 Å². The van der Waals surface area contributed by atoms with Crippen LogP contribution in [0.5, 0.6) is 11.5 Å². The summed E-state index contributed by atoms with van der Waals surface area (Å²) in [6.07, 6.45) is 1.64. The molecule has 1 heterocycles. The van der Waals surface area contributed by atoms with E-state index in [-0.39, 0.29) is 11.3 Å². The predicted octanol–water partition coefficient (Wildman–Crippen LogP) is 3.63. The van der Waals surface area contributed by atoms with Crippen LogP contribution in [0.2, 0.25) is 0 Å². The van der Waals surface area contributed by atoms with E-state index in [1.165, 1.54) is 4.90 Å². The first-order chi connectivity index (χ1) is 15.9. The molecule has 0 aliphatic carbocycles. The number of ether oxygens (including phenoxy) is 2. The summed E-state index contributed by atoms with van der Waals surface area (Å²) in [5, 5.41) is 11.2. The monoisotopic (exact) mass is 450 g/mol. The summed E-state index contributed by atoms with van der Waals surface area (Å²) in [4.78, 5) is 29.5. The molecule has 7 heteroatoms. The second-order valence-corrected chi connectivity index (χ2v) is 7.93. The number of Topliss-reactive ketones (excluding diaryl/α,β-unsaturated/α-hetero) is 1. The van der Waals surface area contributed by atoms with Crippen molar-refractivity contribution in [3.05, 3.63) is 77.9 Å². The molecule has 0 saturated carbocycles. The van der Waals surface area contributed by atoms with Crippen molar-refractivity contribution >= 4 is 17.4 Å². The maximum atomic E-state index is 13.1. The number of carbonyl (C=O) groups excluding carboxylic acids is 2. The zero-order valence-corrected chi connectivity index (χ0v) is 19.3. The molecule has 1 N–H and O–H groups in total. The first-order valence-corrected chi connectivity index (χ1v) is 10.9. The highest BCUT2D eigenvalue weighted by atomic mass is 16.5. The third-order valence-electron chi connectivity index (χ3n) is 5.31. The summed E-state index contributed by atoms with van der Waals surface area (Å²) < 4.78 is 11.1. The Morgan fingerprint density at radius 2 is 1.85 bits per heavy atom. The summed E-state index contributed by atoms with van der Waals surface area (Å²) >= 11 is 0. The molecule has 3 rings (SSSR count). The van der Waals surface area contributed by atoms with Gasteiger partial charge in [-0.2, -0.15) is 0 Å². The number of carbonyl (C=O) groups is 2. The fraction of sp³-hybridized carbons (Fsp3) is 0.308. The molecule has 1 saturated heterocycles. The molecule has 2 aromatic rings. The summed E-state index contributed by atoms with van der Waals surface area (Å²) in [5.41, 5.74) is 1.18. The van der Waals surface area contributed by atoms with Crippen LogP contribution < -0.4 is 9.47 Å². The van der Waals surface area contributed by atoms with Gasteiger partial charge in [0.15, 0.2) is 0 Å². The van der Waals surface area contributed by atoms with Crippen molar-refractivity contribution in [3.63, 3.8) is 0 Å². The number of ketones is 1. The number of aliphatic hydroxyl groups is 1. The molecule has 2 aromatic carbocycles. The lowest BCUT2D eigenvalue weighted by Crippen LogP contribution is -2.35. The van der Waals surface area contributed by atoms with Crippen LogP contribution in [0.25, 0.3) is 5.76 Å². The van der Waals surface area contributed by atoms with Gasteiger partial charge >= 0.3 is 0 Å². The van der Waals surface area contributed by atoms with E-state index in [1.807, 2.05) is 32.0 Å². The minimum Gasteiger partial charge on any atom is -0.507 e. The molecule has 1 aliphatic rings. The SMILES string of the molecule is C=CCOc1cccc([C@H]2/C(=C(\O)c3ccc(OCC)cc3)C(=O)C(=O)N2CCN(C)C)c1. The Kier molecular flexibility index (Phi) is 7.90. The van der Waals surface area contributed by atoms with Crippen molar-refractivity contribution in [1.82, 2.24) is 9.80 Å². The molecular weight excluding hydrogens is 420 g/mol. The van der Waals surface area contributed by atoms with Crippen LogP contribution in [0.1, 0.15) is 24.1 Å². The third-order valence-corrected chi connectivity index (χ3v) is 5.31. The molecule has 1 amide bonds. The second kappa shape index (κ2) is 10.8. The number of aliphatic hydroxyl groups excluding tert-OH is 1. The minimum absolute atomic E-state index is 0.0591. The smallest absolute Gasteiger partial charge is 0.295 e. The molecule has 0 unspecified atom stereocenters. The van der Waals surface area contributed by atoms with Crippen molar-refractivity contribution in [2.75, 3.05) is 40.4 Å². The number of hydrogen-bond donors (Lipinski definition) is 1. The lowest BCUT2D eigenvalue weighted by atomic mass is 9.95. The Balaban J connectivity index is 2.09. The fourth-order valence-corrected chi connectivity index (χ4v) is 3.73. The highest BCUT2D eigenvalue weighted by molar-refractivity contribution is 6.46. The first-order valence-electron chi connectivity index (χ1n) is 10.9. The molecule has 1 aliphatic heterocycles. The lowest BCUT2D eigenvalue weighted by Gasteiger charge is -2.27. The van der Waals surface area contributed by atoms with E-state index >= 15 is 0 Å². The third kappa shape index (κ3) is 5.43. The van der Waals surface area contributed by atoms with Crippen molar-refractivity contribution in [2.45, 2.75) is 13.0 Å². The van der Waals surface area contributed by atoms with Gasteiger partial charge < -0.3 is 24.4 Å². The Bertz CT molecular complexity index is 1040. The standard InChI is InChI=1S/C26H30N2O5/c1-5-16-33-21-9-7-8-19(17-21)23-22(25(30)26(31)28(23)15-14-27(3)4)24(29)18-10-12-20(13-11-18)32-6-2/h5,7-13,17,23,29H,1,6,14-16H2,2-4H3/b24-22+/t23-/m0/s1. The Morgan fingerprint density at radius 3 is 2.48 bits per heavy atom. The molecular formula is C26H30N2O5. The number of nitrogens with zero attached hydrogens (tertiary/aromatic N) is 2. The van der Waals surface area contributed by atoms with Gasteiger partial charge in [-0.25, -0.2) is 0 Å². The number of likely N-dealkylation sites (tertiary alicyclic amines) is 1. The number of amides is 1.